The van der Waals surface area contributed by atoms with Gasteiger partial charge in [0.1, 0.15) is 12.1 Å². The Morgan fingerprint density at radius 3 is 3.00 bits per heavy atom. The van der Waals surface area contributed by atoms with Crippen LogP contribution in [-0.4, -0.2) is 26.4 Å². The molecule has 0 fully saturated rings. The first-order valence-electron chi connectivity index (χ1n) is 5.06. The molecular formula is C10H13N5O. The summed E-state index contributed by atoms with van der Waals surface area (Å²) in [6, 6.07) is 3.43. The summed E-state index contributed by atoms with van der Waals surface area (Å²) in [6.45, 7) is 2.67. The lowest BCUT2D eigenvalue weighted by atomic mass is 10.5. The molecule has 0 saturated heterocycles. The van der Waals surface area contributed by atoms with E-state index in [4.69, 9.17) is 10.5 Å². The smallest absolute Gasteiger partial charge is 0.218 e. The number of aromatic nitrogens is 4. The number of hydrogen-bond donors (Lipinski definition) is 1. The van der Waals surface area contributed by atoms with Crippen LogP contribution in [0.1, 0.15) is 13.3 Å². The van der Waals surface area contributed by atoms with Crippen molar-refractivity contribution in [2.24, 2.45) is 0 Å². The van der Waals surface area contributed by atoms with Crippen LogP contribution in [0.2, 0.25) is 0 Å². The van der Waals surface area contributed by atoms with Crippen LogP contribution in [0.25, 0.3) is 5.82 Å². The van der Waals surface area contributed by atoms with Gasteiger partial charge in [-0.3, -0.25) is 0 Å². The summed E-state index contributed by atoms with van der Waals surface area (Å²) in [6.07, 6.45) is 4.12. The molecule has 16 heavy (non-hydrogen) atoms. The summed E-state index contributed by atoms with van der Waals surface area (Å²) in [5, 5.41) is 4.05. The average molecular weight is 219 g/mol. The monoisotopic (exact) mass is 219 g/mol. The maximum Gasteiger partial charge on any atom is 0.218 e. The lowest BCUT2D eigenvalue weighted by Gasteiger charge is -2.04. The zero-order chi connectivity index (χ0) is 11.4. The Labute approximate surface area is 93.1 Å². The lowest BCUT2D eigenvalue weighted by molar-refractivity contribution is 0.304. The number of nitrogen functional groups attached to an aromatic ring is 1. The number of ether oxygens (including phenoxy) is 1. The van der Waals surface area contributed by atoms with Gasteiger partial charge in [0.25, 0.3) is 0 Å². The van der Waals surface area contributed by atoms with Crippen LogP contribution in [0.3, 0.4) is 0 Å². The Kier molecular flexibility index (Phi) is 3.00. The second kappa shape index (κ2) is 4.61. The van der Waals surface area contributed by atoms with Gasteiger partial charge in [0.05, 0.1) is 6.61 Å². The quantitative estimate of drug-likeness (QED) is 0.830. The molecular weight excluding hydrogens is 206 g/mol. The van der Waals surface area contributed by atoms with E-state index in [1.807, 2.05) is 6.92 Å². The van der Waals surface area contributed by atoms with Gasteiger partial charge in [0.15, 0.2) is 5.82 Å². The molecule has 2 rings (SSSR count). The largest absolute Gasteiger partial charge is 0.478 e. The second-order valence-electron chi connectivity index (χ2n) is 3.25. The predicted molar refractivity (Wildman–Crippen MR) is 59.4 cm³/mol. The molecule has 0 unspecified atom stereocenters. The molecule has 6 nitrogen and oxygen atoms in total. The van der Waals surface area contributed by atoms with Crippen LogP contribution in [0.5, 0.6) is 5.88 Å². The van der Waals surface area contributed by atoms with E-state index in [9.17, 15) is 0 Å². The van der Waals surface area contributed by atoms with E-state index in [1.54, 1.807) is 23.0 Å². The van der Waals surface area contributed by atoms with Gasteiger partial charge in [-0.25, -0.2) is 14.6 Å². The highest BCUT2D eigenvalue weighted by Gasteiger charge is 2.02. The van der Waals surface area contributed by atoms with Gasteiger partial charge in [0, 0.05) is 18.3 Å². The van der Waals surface area contributed by atoms with Crippen molar-refractivity contribution in [3.05, 3.63) is 24.7 Å². The van der Waals surface area contributed by atoms with E-state index in [2.05, 4.69) is 15.1 Å². The minimum absolute atomic E-state index is 0.453. The summed E-state index contributed by atoms with van der Waals surface area (Å²) in [5.41, 5.74) is 5.53. The average Bonchev–Trinajstić information content (AvgIpc) is 2.74. The van der Waals surface area contributed by atoms with Gasteiger partial charge in [-0.05, 0) is 6.42 Å². The number of rotatable bonds is 4. The molecule has 0 aliphatic heterocycles. The summed E-state index contributed by atoms with van der Waals surface area (Å²) >= 11 is 0. The molecule has 6 heteroatoms. The molecule has 0 spiro atoms. The van der Waals surface area contributed by atoms with Gasteiger partial charge in [-0.2, -0.15) is 0 Å². The molecule has 0 radical (unpaired) electrons. The van der Waals surface area contributed by atoms with Crippen molar-refractivity contribution >= 4 is 5.82 Å². The van der Waals surface area contributed by atoms with E-state index < -0.39 is 0 Å². The van der Waals surface area contributed by atoms with Gasteiger partial charge in [0.2, 0.25) is 5.88 Å². The molecule has 2 aromatic heterocycles. The normalized spacial score (nSPS) is 10.3. The molecule has 0 amide bonds. The van der Waals surface area contributed by atoms with Crippen molar-refractivity contribution in [3.8, 4) is 11.7 Å². The molecule has 0 aliphatic carbocycles. The fourth-order valence-corrected chi connectivity index (χ4v) is 1.21. The SMILES string of the molecule is CCCOc1cc(-n2ccc(N)n2)ncn1. The number of nitrogens with two attached hydrogens (primary N) is 1. The molecule has 0 aromatic carbocycles. The molecule has 2 N–H and O–H groups in total. The third-order valence-electron chi connectivity index (χ3n) is 1.93. The first-order chi connectivity index (χ1) is 7.79. The van der Waals surface area contributed by atoms with Crippen molar-refractivity contribution in [2.75, 3.05) is 12.3 Å². The van der Waals surface area contributed by atoms with Crippen LogP contribution in [-0.2, 0) is 0 Å². The van der Waals surface area contributed by atoms with E-state index in [-0.39, 0.29) is 0 Å². The molecule has 2 aromatic rings. The highest BCUT2D eigenvalue weighted by Crippen LogP contribution is 2.11. The zero-order valence-electron chi connectivity index (χ0n) is 9.00. The summed E-state index contributed by atoms with van der Waals surface area (Å²) < 4.78 is 6.98. The summed E-state index contributed by atoms with van der Waals surface area (Å²) in [7, 11) is 0. The van der Waals surface area contributed by atoms with E-state index in [0.29, 0.717) is 24.1 Å². The van der Waals surface area contributed by atoms with Crippen LogP contribution in [0, 0.1) is 0 Å². The highest BCUT2D eigenvalue weighted by molar-refractivity contribution is 5.31. The van der Waals surface area contributed by atoms with Crippen molar-refractivity contribution in [1.29, 1.82) is 0 Å². The third-order valence-corrected chi connectivity index (χ3v) is 1.93. The molecule has 2 heterocycles. The van der Waals surface area contributed by atoms with Crippen LogP contribution >= 0.6 is 0 Å². The Morgan fingerprint density at radius 2 is 2.31 bits per heavy atom. The van der Waals surface area contributed by atoms with E-state index in [1.165, 1.54) is 6.33 Å². The van der Waals surface area contributed by atoms with Gasteiger partial charge in [-0.15, -0.1) is 5.10 Å². The van der Waals surface area contributed by atoms with E-state index >= 15 is 0 Å². The third kappa shape index (κ3) is 2.28. The lowest BCUT2D eigenvalue weighted by Crippen LogP contribution is -2.03. The topological polar surface area (TPSA) is 78.9 Å². The minimum Gasteiger partial charge on any atom is -0.478 e. The fourth-order valence-electron chi connectivity index (χ4n) is 1.21. The first-order valence-corrected chi connectivity index (χ1v) is 5.06. The Bertz CT molecular complexity index is 468. The van der Waals surface area contributed by atoms with Crippen LogP contribution < -0.4 is 10.5 Å². The van der Waals surface area contributed by atoms with Gasteiger partial charge < -0.3 is 10.5 Å². The number of hydrogen-bond acceptors (Lipinski definition) is 5. The van der Waals surface area contributed by atoms with E-state index in [0.717, 1.165) is 6.42 Å². The number of anilines is 1. The maximum absolute atomic E-state index is 5.53. The zero-order valence-corrected chi connectivity index (χ0v) is 9.00. The second-order valence-corrected chi connectivity index (χ2v) is 3.25. The molecule has 0 aliphatic rings. The van der Waals surface area contributed by atoms with Crippen molar-refractivity contribution in [1.82, 2.24) is 19.7 Å². The predicted octanol–water partition coefficient (Wildman–Crippen LogP) is 1.03. The van der Waals surface area contributed by atoms with Gasteiger partial charge in [-0.1, -0.05) is 6.92 Å². The highest BCUT2D eigenvalue weighted by atomic mass is 16.5. The number of nitrogens with zero attached hydrogens (tertiary/aromatic N) is 4. The first kappa shape index (κ1) is 10.4. The Hall–Kier alpha value is -2.11. The van der Waals surface area contributed by atoms with Crippen molar-refractivity contribution in [3.63, 3.8) is 0 Å². The standard InChI is InChI=1S/C10H13N5O/c1-2-5-16-10-6-9(12-7-13-10)15-4-3-8(11)14-15/h3-4,6-7H,2,5H2,1H3,(H2,11,14). The Morgan fingerprint density at radius 1 is 1.44 bits per heavy atom. The van der Waals surface area contributed by atoms with Crippen LogP contribution in [0.15, 0.2) is 24.7 Å². The van der Waals surface area contributed by atoms with Crippen molar-refractivity contribution < 1.29 is 4.74 Å². The summed E-state index contributed by atoms with van der Waals surface area (Å²) in [5.74, 6) is 1.63. The minimum atomic E-state index is 0.453. The molecule has 0 bridgehead atoms. The van der Waals surface area contributed by atoms with Crippen LogP contribution in [0.4, 0.5) is 5.82 Å². The fraction of sp³-hybridized carbons (Fsp3) is 0.300. The maximum atomic E-state index is 5.53. The Balaban J connectivity index is 2.22. The van der Waals surface area contributed by atoms with Crippen molar-refractivity contribution in [2.45, 2.75) is 13.3 Å². The molecule has 0 atom stereocenters. The molecule has 84 valence electrons. The summed E-state index contributed by atoms with van der Waals surface area (Å²) in [4.78, 5) is 8.09. The molecule has 0 saturated carbocycles. The van der Waals surface area contributed by atoms with Gasteiger partial charge >= 0.3 is 0 Å².